The van der Waals surface area contributed by atoms with Crippen LogP contribution in [0, 0.1) is 13.8 Å². The molecule has 27 heavy (non-hydrogen) atoms. The van der Waals surface area contributed by atoms with Crippen LogP contribution in [0.5, 0.6) is 11.5 Å². The van der Waals surface area contributed by atoms with Gasteiger partial charge in [-0.1, -0.05) is 0 Å². The van der Waals surface area contributed by atoms with E-state index in [4.69, 9.17) is 9.47 Å². The molecule has 1 aromatic heterocycles. The number of aliphatic imine (C=N–C) groups is 1. The zero-order chi connectivity index (χ0) is 18.9. The zero-order valence-electron chi connectivity index (χ0n) is 16.6. The van der Waals surface area contributed by atoms with Crippen molar-refractivity contribution in [2.45, 2.75) is 33.7 Å². The first-order valence-corrected chi connectivity index (χ1v) is 9.55. The highest BCUT2D eigenvalue weighted by atomic mass is 127. The lowest BCUT2D eigenvalue weighted by Gasteiger charge is -2.12. The summed E-state index contributed by atoms with van der Waals surface area (Å²) in [5.41, 5.74) is 2.14. The van der Waals surface area contributed by atoms with Crippen LogP contribution in [0.1, 0.15) is 28.1 Å². The van der Waals surface area contributed by atoms with Crippen LogP contribution < -0.4 is 20.1 Å². The maximum atomic E-state index is 5.44. The van der Waals surface area contributed by atoms with E-state index in [0.29, 0.717) is 6.54 Å². The molecule has 0 saturated carbocycles. The van der Waals surface area contributed by atoms with Crippen molar-refractivity contribution in [3.05, 3.63) is 39.3 Å². The van der Waals surface area contributed by atoms with Gasteiger partial charge >= 0.3 is 0 Å². The van der Waals surface area contributed by atoms with Crippen LogP contribution in [-0.2, 0) is 13.0 Å². The Hall–Kier alpha value is -1.55. The second-order valence-electron chi connectivity index (χ2n) is 5.79. The van der Waals surface area contributed by atoms with E-state index < -0.39 is 0 Å². The topological polar surface area (TPSA) is 67.8 Å². The van der Waals surface area contributed by atoms with Crippen molar-refractivity contribution in [2.24, 2.45) is 4.99 Å². The molecule has 0 fully saturated rings. The average molecular weight is 504 g/mol. The highest BCUT2D eigenvalue weighted by Gasteiger charge is 2.07. The van der Waals surface area contributed by atoms with E-state index in [0.717, 1.165) is 53.2 Å². The van der Waals surface area contributed by atoms with Crippen molar-refractivity contribution in [1.29, 1.82) is 0 Å². The number of aromatic nitrogens is 1. The molecule has 8 heteroatoms. The Labute approximate surface area is 182 Å². The van der Waals surface area contributed by atoms with Gasteiger partial charge in [-0.05, 0) is 32.9 Å². The number of nitrogens with one attached hydrogen (secondary N) is 2. The number of guanidine groups is 1. The molecule has 0 spiro atoms. The van der Waals surface area contributed by atoms with E-state index in [1.165, 1.54) is 4.88 Å². The molecule has 0 unspecified atom stereocenters. The van der Waals surface area contributed by atoms with Gasteiger partial charge in [0.05, 0.1) is 31.5 Å². The van der Waals surface area contributed by atoms with E-state index in [2.05, 4.69) is 34.5 Å². The molecule has 1 heterocycles. The van der Waals surface area contributed by atoms with Crippen molar-refractivity contribution < 1.29 is 9.47 Å². The SMILES string of the molecule is CCNC(=NCc1ccc(OC)cc1OC)NCCc1sc(C)nc1C.I. The molecule has 6 nitrogen and oxygen atoms in total. The van der Waals surface area contributed by atoms with Crippen LogP contribution in [0.4, 0.5) is 0 Å². The van der Waals surface area contributed by atoms with Crippen molar-refractivity contribution in [3.63, 3.8) is 0 Å². The van der Waals surface area contributed by atoms with Crippen LogP contribution in [0.15, 0.2) is 23.2 Å². The van der Waals surface area contributed by atoms with Crippen LogP contribution in [-0.4, -0.2) is 38.3 Å². The van der Waals surface area contributed by atoms with Gasteiger partial charge in [-0.15, -0.1) is 35.3 Å². The summed E-state index contributed by atoms with van der Waals surface area (Å²) in [5.74, 6) is 2.35. The quantitative estimate of drug-likeness (QED) is 0.326. The Kier molecular flexibility index (Phi) is 10.5. The van der Waals surface area contributed by atoms with Gasteiger partial charge in [0.25, 0.3) is 0 Å². The van der Waals surface area contributed by atoms with Crippen molar-refractivity contribution in [1.82, 2.24) is 15.6 Å². The van der Waals surface area contributed by atoms with Crippen molar-refractivity contribution in [3.8, 4) is 11.5 Å². The highest BCUT2D eigenvalue weighted by molar-refractivity contribution is 14.0. The summed E-state index contributed by atoms with van der Waals surface area (Å²) in [6, 6.07) is 5.77. The smallest absolute Gasteiger partial charge is 0.191 e. The highest BCUT2D eigenvalue weighted by Crippen LogP contribution is 2.25. The molecule has 0 atom stereocenters. The fourth-order valence-electron chi connectivity index (χ4n) is 2.59. The molecule has 2 rings (SSSR count). The summed E-state index contributed by atoms with van der Waals surface area (Å²) in [6.45, 7) is 8.32. The molecule has 0 bridgehead atoms. The van der Waals surface area contributed by atoms with Gasteiger partial charge in [0.1, 0.15) is 11.5 Å². The molecule has 2 N–H and O–H groups in total. The molecule has 0 saturated heterocycles. The molecule has 1 aromatic carbocycles. The van der Waals surface area contributed by atoms with Gasteiger partial charge in [0.2, 0.25) is 0 Å². The minimum absolute atomic E-state index is 0. The van der Waals surface area contributed by atoms with E-state index in [1.54, 1.807) is 25.6 Å². The minimum atomic E-state index is 0. The molecular weight excluding hydrogens is 475 g/mol. The summed E-state index contributed by atoms with van der Waals surface area (Å²) >= 11 is 1.76. The number of hydrogen-bond donors (Lipinski definition) is 2. The van der Waals surface area contributed by atoms with Crippen LogP contribution >= 0.6 is 35.3 Å². The summed E-state index contributed by atoms with van der Waals surface area (Å²) in [7, 11) is 3.30. The lowest BCUT2D eigenvalue weighted by Crippen LogP contribution is -2.38. The molecule has 0 aliphatic heterocycles. The van der Waals surface area contributed by atoms with E-state index >= 15 is 0 Å². The largest absolute Gasteiger partial charge is 0.497 e. The number of thiazole rings is 1. The monoisotopic (exact) mass is 504 g/mol. The fraction of sp³-hybridized carbons (Fsp3) is 0.474. The van der Waals surface area contributed by atoms with Gasteiger partial charge in [0, 0.05) is 36.0 Å². The Morgan fingerprint density at radius 3 is 2.56 bits per heavy atom. The van der Waals surface area contributed by atoms with E-state index in [9.17, 15) is 0 Å². The zero-order valence-corrected chi connectivity index (χ0v) is 19.7. The summed E-state index contributed by atoms with van der Waals surface area (Å²) < 4.78 is 10.7. The summed E-state index contributed by atoms with van der Waals surface area (Å²) in [5, 5.41) is 7.78. The standard InChI is InChI=1S/C19H28N4O2S.HI/c1-6-20-19(21-10-9-18-13(2)23-14(3)26-18)22-12-15-7-8-16(24-4)11-17(15)25-5;/h7-8,11H,6,9-10,12H2,1-5H3,(H2,20,21,22);1H. The summed E-state index contributed by atoms with van der Waals surface area (Å²) in [6.07, 6.45) is 0.938. The first kappa shape index (κ1) is 23.5. The summed E-state index contributed by atoms with van der Waals surface area (Å²) in [4.78, 5) is 10.5. The molecule has 0 aliphatic carbocycles. The number of benzene rings is 1. The Morgan fingerprint density at radius 1 is 1.19 bits per heavy atom. The molecular formula is C19H29IN4O2S. The number of methoxy groups -OCH3 is 2. The first-order chi connectivity index (χ1) is 12.6. The molecule has 0 aliphatic rings. The van der Waals surface area contributed by atoms with E-state index in [1.807, 2.05) is 25.1 Å². The van der Waals surface area contributed by atoms with Gasteiger partial charge in [-0.25, -0.2) is 9.98 Å². The van der Waals surface area contributed by atoms with Gasteiger partial charge in [-0.2, -0.15) is 0 Å². The normalized spacial score (nSPS) is 10.9. The van der Waals surface area contributed by atoms with Crippen LogP contribution in [0.3, 0.4) is 0 Å². The number of hydrogen-bond acceptors (Lipinski definition) is 5. The fourth-order valence-corrected chi connectivity index (χ4v) is 3.52. The van der Waals surface area contributed by atoms with Gasteiger partial charge in [-0.3, -0.25) is 0 Å². The van der Waals surface area contributed by atoms with Gasteiger partial charge < -0.3 is 20.1 Å². The Bertz CT molecular complexity index is 749. The second-order valence-corrected chi connectivity index (χ2v) is 7.08. The third-order valence-electron chi connectivity index (χ3n) is 3.89. The Morgan fingerprint density at radius 2 is 1.96 bits per heavy atom. The minimum Gasteiger partial charge on any atom is -0.497 e. The molecule has 2 aromatic rings. The average Bonchev–Trinajstić information content (AvgIpc) is 2.96. The van der Waals surface area contributed by atoms with Crippen LogP contribution in [0.2, 0.25) is 0 Å². The Balaban J connectivity index is 0.00000364. The lowest BCUT2D eigenvalue weighted by atomic mass is 10.2. The number of rotatable bonds is 8. The predicted molar refractivity (Wildman–Crippen MR) is 123 cm³/mol. The number of ether oxygens (including phenoxy) is 2. The second kappa shape index (κ2) is 12.0. The molecule has 0 amide bonds. The maximum absolute atomic E-state index is 5.44. The van der Waals surface area contributed by atoms with Crippen molar-refractivity contribution in [2.75, 3.05) is 27.3 Å². The van der Waals surface area contributed by atoms with Gasteiger partial charge in [0.15, 0.2) is 5.96 Å². The lowest BCUT2D eigenvalue weighted by molar-refractivity contribution is 0.391. The predicted octanol–water partition coefficient (Wildman–Crippen LogP) is 3.69. The third-order valence-corrected chi connectivity index (χ3v) is 5.02. The van der Waals surface area contributed by atoms with E-state index in [-0.39, 0.29) is 24.0 Å². The van der Waals surface area contributed by atoms with Crippen molar-refractivity contribution >= 4 is 41.3 Å². The maximum Gasteiger partial charge on any atom is 0.191 e. The number of aryl methyl sites for hydroxylation is 2. The number of halogens is 1. The molecule has 0 radical (unpaired) electrons. The number of nitrogens with zero attached hydrogens (tertiary/aromatic N) is 2. The third kappa shape index (κ3) is 7.17. The first-order valence-electron chi connectivity index (χ1n) is 8.73. The van der Waals surface area contributed by atoms with Crippen LogP contribution in [0.25, 0.3) is 0 Å². The molecule has 150 valence electrons.